The number of benzene rings is 4. The standard InChI is InChI=1S/C29H27IN2O3/c1-3-20-11-13-21(14-12-20)17-28(33)32-31-18-22-15-26(30)29(27(16-22)34-2)35-19-24-9-6-8-23-7-4-5-10-25(23)24/h4-16,18H,3,17,19H2,1-2H3,(H,32,33)/b31-18+. The van der Waals surface area contributed by atoms with Crippen LogP contribution in [0.25, 0.3) is 10.8 Å². The van der Waals surface area contributed by atoms with Crippen LogP contribution in [0.5, 0.6) is 11.5 Å². The minimum Gasteiger partial charge on any atom is -0.493 e. The number of carbonyl (C=O) groups excluding carboxylic acids is 1. The number of halogens is 1. The molecule has 6 heteroatoms. The molecule has 1 N–H and O–H groups in total. The summed E-state index contributed by atoms with van der Waals surface area (Å²) in [5.74, 6) is 1.13. The first-order valence-electron chi connectivity index (χ1n) is 11.4. The van der Waals surface area contributed by atoms with Crippen molar-refractivity contribution in [1.29, 1.82) is 0 Å². The number of nitrogens with zero attached hydrogens (tertiary/aromatic N) is 1. The summed E-state index contributed by atoms with van der Waals surface area (Å²) in [6.07, 6.45) is 2.87. The molecule has 1 amide bonds. The lowest BCUT2D eigenvalue weighted by molar-refractivity contribution is -0.120. The van der Waals surface area contributed by atoms with Crippen LogP contribution in [0.2, 0.25) is 0 Å². The van der Waals surface area contributed by atoms with E-state index in [2.05, 4.69) is 64.3 Å². The number of fused-ring (bicyclic) bond motifs is 1. The van der Waals surface area contributed by atoms with Crippen molar-refractivity contribution < 1.29 is 14.3 Å². The van der Waals surface area contributed by atoms with E-state index in [0.717, 1.165) is 26.7 Å². The second-order valence-corrected chi connectivity index (χ2v) is 9.26. The van der Waals surface area contributed by atoms with Crippen LogP contribution in [0, 0.1) is 3.57 Å². The molecule has 0 aliphatic rings. The molecule has 4 aromatic rings. The first kappa shape index (κ1) is 24.7. The molecule has 4 rings (SSSR count). The number of hydrogen-bond donors (Lipinski definition) is 1. The molecule has 0 saturated carbocycles. The van der Waals surface area contributed by atoms with Crippen LogP contribution in [-0.4, -0.2) is 19.2 Å². The zero-order chi connectivity index (χ0) is 24.6. The van der Waals surface area contributed by atoms with Gasteiger partial charge in [-0.1, -0.05) is 73.7 Å². The van der Waals surface area contributed by atoms with Crippen LogP contribution >= 0.6 is 22.6 Å². The van der Waals surface area contributed by atoms with E-state index in [-0.39, 0.29) is 12.3 Å². The fraction of sp³-hybridized carbons (Fsp3) is 0.172. The van der Waals surface area contributed by atoms with E-state index >= 15 is 0 Å². The Morgan fingerprint density at radius 3 is 2.51 bits per heavy atom. The summed E-state index contributed by atoms with van der Waals surface area (Å²) in [5, 5.41) is 6.47. The predicted molar refractivity (Wildman–Crippen MR) is 149 cm³/mol. The molecule has 0 radical (unpaired) electrons. The normalized spacial score (nSPS) is 11.1. The Balaban J connectivity index is 1.41. The predicted octanol–water partition coefficient (Wildman–Crippen LogP) is 6.29. The third-order valence-electron chi connectivity index (χ3n) is 5.70. The summed E-state index contributed by atoms with van der Waals surface area (Å²) >= 11 is 2.23. The van der Waals surface area contributed by atoms with Crippen LogP contribution in [-0.2, 0) is 24.2 Å². The van der Waals surface area contributed by atoms with Gasteiger partial charge in [0.2, 0.25) is 5.91 Å². The summed E-state index contributed by atoms with van der Waals surface area (Å²) < 4.78 is 12.7. The highest BCUT2D eigenvalue weighted by atomic mass is 127. The summed E-state index contributed by atoms with van der Waals surface area (Å²) in [7, 11) is 1.61. The lowest BCUT2D eigenvalue weighted by atomic mass is 10.1. The van der Waals surface area contributed by atoms with Crippen LogP contribution in [0.15, 0.2) is 84.0 Å². The molecule has 0 heterocycles. The Bertz CT molecular complexity index is 1340. The maximum Gasteiger partial charge on any atom is 0.244 e. The quantitative estimate of drug-likeness (QED) is 0.144. The van der Waals surface area contributed by atoms with Gasteiger partial charge in [-0.25, -0.2) is 5.43 Å². The van der Waals surface area contributed by atoms with Crippen molar-refractivity contribution in [3.63, 3.8) is 0 Å². The zero-order valence-electron chi connectivity index (χ0n) is 19.8. The number of aryl methyl sites for hydroxylation is 1. The second-order valence-electron chi connectivity index (χ2n) is 8.10. The largest absolute Gasteiger partial charge is 0.493 e. The van der Waals surface area contributed by atoms with E-state index in [4.69, 9.17) is 9.47 Å². The highest BCUT2D eigenvalue weighted by Crippen LogP contribution is 2.34. The third-order valence-corrected chi connectivity index (χ3v) is 6.50. The van der Waals surface area contributed by atoms with Gasteiger partial charge in [-0.3, -0.25) is 4.79 Å². The van der Waals surface area contributed by atoms with E-state index in [1.807, 2.05) is 54.6 Å². The number of hydrogen-bond acceptors (Lipinski definition) is 4. The molecule has 0 fully saturated rings. The molecule has 0 spiro atoms. The molecule has 35 heavy (non-hydrogen) atoms. The van der Waals surface area contributed by atoms with Gasteiger partial charge in [-0.05, 0) is 74.2 Å². The van der Waals surface area contributed by atoms with Crippen molar-refractivity contribution in [2.24, 2.45) is 5.10 Å². The first-order valence-corrected chi connectivity index (χ1v) is 12.5. The molecule has 0 aliphatic carbocycles. The van der Waals surface area contributed by atoms with Crippen LogP contribution in [0.4, 0.5) is 0 Å². The van der Waals surface area contributed by atoms with Gasteiger partial charge < -0.3 is 9.47 Å². The van der Waals surface area contributed by atoms with Crippen molar-refractivity contribution in [1.82, 2.24) is 5.43 Å². The molecular formula is C29H27IN2O3. The highest BCUT2D eigenvalue weighted by molar-refractivity contribution is 14.1. The number of rotatable bonds is 9. The van der Waals surface area contributed by atoms with E-state index < -0.39 is 0 Å². The van der Waals surface area contributed by atoms with E-state index in [9.17, 15) is 4.79 Å². The SMILES string of the molecule is CCc1ccc(CC(=O)N/N=C/c2cc(I)c(OCc3cccc4ccccc34)c(OC)c2)cc1. The molecule has 4 aromatic carbocycles. The highest BCUT2D eigenvalue weighted by Gasteiger charge is 2.12. The van der Waals surface area contributed by atoms with Crippen molar-refractivity contribution in [2.75, 3.05) is 7.11 Å². The lowest BCUT2D eigenvalue weighted by Crippen LogP contribution is -2.19. The van der Waals surface area contributed by atoms with E-state index in [0.29, 0.717) is 18.1 Å². The molecular weight excluding hydrogens is 551 g/mol. The summed E-state index contributed by atoms with van der Waals surface area (Å²) in [6.45, 7) is 2.53. The van der Waals surface area contributed by atoms with Crippen LogP contribution in [0.3, 0.4) is 0 Å². The number of amides is 1. The van der Waals surface area contributed by atoms with Gasteiger partial charge in [0.15, 0.2) is 11.5 Å². The Kier molecular flexibility index (Phi) is 8.36. The Morgan fingerprint density at radius 2 is 1.74 bits per heavy atom. The smallest absolute Gasteiger partial charge is 0.244 e. The monoisotopic (exact) mass is 578 g/mol. The zero-order valence-corrected chi connectivity index (χ0v) is 21.9. The molecule has 178 valence electrons. The van der Waals surface area contributed by atoms with Gasteiger partial charge in [-0.2, -0.15) is 5.10 Å². The van der Waals surface area contributed by atoms with Gasteiger partial charge in [-0.15, -0.1) is 0 Å². The fourth-order valence-corrected chi connectivity index (χ4v) is 4.60. The number of hydrazone groups is 1. The fourth-order valence-electron chi connectivity index (χ4n) is 3.82. The van der Waals surface area contributed by atoms with Crippen molar-refractivity contribution in [2.45, 2.75) is 26.4 Å². The van der Waals surface area contributed by atoms with Crippen molar-refractivity contribution in [3.8, 4) is 11.5 Å². The second kappa shape index (κ2) is 11.8. The minimum absolute atomic E-state index is 0.165. The topological polar surface area (TPSA) is 59.9 Å². The molecule has 0 aromatic heterocycles. The number of nitrogens with one attached hydrogen (secondary N) is 1. The molecule has 0 saturated heterocycles. The van der Waals surface area contributed by atoms with Crippen LogP contribution in [0.1, 0.15) is 29.2 Å². The van der Waals surface area contributed by atoms with Gasteiger partial charge >= 0.3 is 0 Å². The van der Waals surface area contributed by atoms with E-state index in [1.165, 1.54) is 16.3 Å². The first-order chi connectivity index (χ1) is 17.1. The minimum atomic E-state index is -0.165. The Hall–Kier alpha value is -3.39. The Labute approximate surface area is 219 Å². The van der Waals surface area contributed by atoms with Gasteiger partial charge in [0.05, 0.1) is 23.3 Å². The van der Waals surface area contributed by atoms with Gasteiger partial charge in [0.25, 0.3) is 0 Å². The van der Waals surface area contributed by atoms with Crippen LogP contribution < -0.4 is 14.9 Å². The number of methoxy groups -OCH3 is 1. The third kappa shape index (κ3) is 6.39. The maximum atomic E-state index is 12.2. The Morgan fingerprint density at radius 1 is 1.00 bits per heavy atom. The average molecular weight is 578 g/mol. The molecule has 0 bridgehead atoms. The van der Waals surface area contributed by atoms with Crippen molar-refractivity contribution in [3.05, 3.63) is 105 Å². The summed E-state index contributed by atoms with van der Waals surface area (Å²) in [5.41, 5.74) is 6.72. The average Bonchev–Trinajstić information content (AvgIpc) is 2.88. The number of carbonyl (C=O) groups is 1. The molecule has 5 nitrogen and oxygen atoms in total. The molecule has 0 atom stereocenters. The lowest BCUT2D eigenvalue weighted by Gasteiger charge is -2.14. The van der Waals surface area contributed by atoms with E-state index in [1.54, 1.807) is 13.3 Å². The van der Waals surface area contributed by atoms with Gasteiger partial charge in [0, 0.05) is 0 Å². The van der Waals surface area contributed by atoms with Gasteiger partial charge in [0.1, 0.15) is 6.61 Å². The summed E-state index contributed by atoms with van der Waals surface area (Å²) in [4.78, 5) is 12.2. The molecule has 0 aliphatic heterocycles. The van der Waals surface area contributed by atoms with Crippen molar-refractivity contribution >= 4 is 45.5 Å². The maximum absolute atomic E-state index is 12.2. The number of ether oxygens (including phenoxy) is 2. The molecule has 0 unspecified atom stereocenters. The summed E-state index contributed by atoms with van der Waals surface area (Å²) in [6, 6.07) is 26.3.